The minimum atomic E-state index is -0.172. The smallest absolute Gasteiger partial charge is 0.255 e. The number of pyridine rings is 1. The van der Waals surface area contributed by atoms with Gasteiger partial charge in [0.25, 0.3) is 5.91 Å². The summed E-state index contributed by atoms with van der Waals surface area (Å²) >= 11 is 0. The SMILES string of the molecule is COc1cccc(COCCCCCNCc2ccc(C(=O)Nc3ccnc(N)c3)cc2)c1. The zero-order valence-electron chi connectivity index (χ0n) is 19.0. The predicted octanol–water partition coefficient (Wildman–Crippen LogP) is 4.40. The molecule has 0 radical (unpaired) electrons. The lowest BCUT2D eigenvalue weighted by molar-refractivity contribution is 0.102. The van der Waals surface area contributed by atoms with Crippen molar-refractivity contribution in [3.63, 3.8) is 0 Å². The Balaban J connectivity index is 1.25. The van der Waals surface area contributed by atoms with Gasteiger partial charge in [-0.25, -0.2) is 4.98 Å². The third-order valence-electron chi connectivity index (χ3n) is 5.13. The van der Waals surface area contributed by atoms with Gasteiger partial charge in [0, 0.05) is 36.7 Å². The van der Waals surface area contributed by atoms with Crippen LogP contribution < -0.4 is 21.1 Å². The van der Waals surface area contributed by atoms with Gasteiger partial charge < -0.3 is 25.8 Å². The number of anilines is 2. The van der Waals surface area contributed by atoms with Crippen molar-refractivity contribution in [2.24, 2.45) is 0 Å². The molecule has 0 atom stereocenters. The number of ether oxygens (including phenoxy) is 2. The average Bonchev–Trinajstić information content (AvgIpc) is 2.83. The molecule has 3 aromatic rings. The number of benzene rings is 2. The zero-order valence-corrected chi connectivity index (χ0v) is 19.0. The number of hydrogen-bond acceptors (Lipinski definition) is 6. The first-order chi connectivity index (χ1) is 16.1. The van der Waals surface area contributed by atoms with Crippen LogP contribution in [0.5, 0.6) is 5.75 Å². The van der Waals surface area contributed by atoms with Crippen molar-refractivity contribution in [3.05, 3.63) is 83.6 Å². The minimum Gasteiger partial charge on any atom is -0.497 e. The highest BCUT2D eigenvalue weighted by Gasteiger charge is 2.06. The number of nitrogens with one attached hydrogen (secondary N) is 2. The number of nitrogens with zero attached hydrogens (tertiary/aromatic N) is 1. The molecule has 0 saturated heterocycles. The first kappa shape index (κ1) is 24.2. The molecule has 0 unspecified atom stereocenters. The highest BCUT2D eigenvalue weighted by atomic mass is 16.5. The first-order valence-corrected chi connectivity index (χ1v) is 11.2. The molecule has 1 heterocycles. The van der Waals surface area contributed by atoms with Gasteiger partial charge in [0.05, 0.1) is 13.7 Å². The van der Waals surface area contributed by atoms with Crippen LogP contribution in [0.1, 0.15) is 40.7 Å². The van der Waals surface area contributed by atoms with E-state index in [1.807, 2.05) is 48.5 Å². The van der Waals surface area contributed by atoms with E-state index in [2.05, 4.69) is 15.6 Å². The van der Waals surface area contributed by atoms with E-state index in [0.717, 1.165) is 55.8 Å². The van der Waals surface area contributed by atoms with Gasteiger partial charge in [0.2, 0.25) is 0 Å². The van der Waals surface area contributed by atoms with E-state index < -0.39 is 0 Å². The third-order valence-corrected chi connectivity index (χ3v) is 5.13. The van der Waals surface area contributed by atoms with Gasteiger partial charge in [-0.1, -0.05) is 24.3 Å². The number of unbranched alkanes of at least 4 members (excludes halogenated alkanes) is 2. The molecular weight excluding hydrogens is 416 g/mol. The van der Waals surface area contributed by atoms with Gasteiger partial charge in [-0.2, -0.15) is 0 Å². The minimum absolute atomic E-state index is 0.172. The molecule has 0 spiro atoms. The third kappa shape index (κ3) is 8.56. The number of nitrogen functional groups attached to an aromatic ring is 1. The molecule has 0 bridgehead atoms. The lowest BCUT2D eigenvalue weighted by Gasteiger charge is -2.08. The molecule has 2 aromatic carbocycles. The monoisotopic (exact) mass is 448 g/mol. The second-order valence-corrected chi connectivity index (χ2v) is 7.76. The number of nitrogens with two attached hydrogens (primary N) is 1. The number of aromatic nitrogens is 1. The second kappa shape index (κ2) is 13.2. The van der Waals surface area contributed by atoms with E-state index in [-0.39, 0.29) is 5.91 Å². The first-order valence-electron chi connectivity index (χ1n) is 11.2. The molecule has 1 amide bonds. The summed E-state index contributed by atoms with van der Waals surface area (Å²) in [7, 11) is 1.67. The van der Waals surface area contributed by atoms with Crippen LogP contribution in [0.25, 0.3) is 0 Å². The Morgan fingerprint density at radius 3 is 2.64 bits per heavy atom. The summed E-state index contributed by atoms with van der Waals surface area (Å²) in [5.41, 5.74) is 9.14. The fourth-order valence-electron chi connectivity index (χ4n) is 3.32. The standard InChI is InChI=1S/C26H32N4O3/c1-32-24-7-5-6-21(16-24)19-33-15-4-2-3-13-28-18-20-8-10-22(11-9-20)26(31)30-23-12-14-29-25(27)17-23/h5-12,14,16-17,28H,2-4,13,15,18-19H2,1H3,(H3,27,29,30,31). The van der Waals surface area contributed by atoms with Gasteiger partial charge in [0.1, 0.15) is 11.6 Å². The Bertz CT molecular complexity index is 1010. The van der Waals surface area contributed by atoms with Gasteiger partial charge in [-0.15, -0.1) is 0 Å². The Morgan fingerprint density at radius 1 is 1.00 bits per heavy atom. The molecule has 3 rings (SSSR count). The predicted molar refractivity (Wildman–Crippen MR) is 131 cm³/mol. The molecule has 1 aromatic heterocycles. The topological polar surface area (TPSA) is 98.5 Å². The van der Waals surface area contributed by atoms with E-state index in [1.165, 1.54) is 0 Å². The molecule has 0 fully saturated rings. The molecule has 0 aliphatic rings. The highest BCUT2D eigenvalue weighted by molar-refractivity contribution is 6.04. The number of carbonyl (C=O) groups excluding carboxylic acids is 1. The average molecular weight is 449 g/mol. The summed E-state index contributed by atoms with van der Waals surface area (Å²) in [5.74, 6) is 1.05. The van der Waals surface area contributed by atoms with Crippen molar-refractivity contribution in [1.82, 2.24) is 10.3 Å². The largest absolute Gasteiger partial charge is 0.497 e. The molecule has 0 aliphatic carbocycles. The summed E-state index contributed by atoms with van der Waals surface area (Å²) in [5, 5.41) is 6.27. The molecule has 0 aliphatic heterocycles. The van der Waals surface area contributed by atoms with Gasteiger partial charge in [-0.3, -0.25) is 4.79 Å². The van der Waals surface area contributed by atoms with E-state index >= 15 is 0 Å². The molecule has 7 nitrogen and oxygen atoms in total. The van der Waals surface area contributed by atoms with E-state index in [9.17, 15) is 4.79 Å². The number of carbonyl (C=O) groups is 1. The molecular formula is C26H32N4O3. The molecule has 174 valence electrons. The lowest BCUT2D eigenvalue weighted by atomic mass is 10.1. The normalized spacial score (nSPS) is 10.7. The fraction of sp³-hybridized carbons (Fsp3) is 0.308. The van der Waals surface area contributed by atoms with Crippen molar-refractivity contribution in [2.75, 3.05) is 31.3 Å². The maximum Gasteiger partial charge on any atom is 0.255 e. The summed E-state index contributed by atoms with van der Waals surface area (Å²) < 4.78 is 11.0. The van der Waals surface area contributed by atoms with Crippen LogP contribution in [0.3, 0.4) is 0 Å². The maximum atomic E-state index is 12.3. The summed E-state index contributed by atoms with van der Waals surface area (Å²) in [6.07, 6.45) is 4.81. The Hall–Kier alpha value is -3.42. The highest BCUT2D eigenvalue weighted by Crippen LogP contribution is 2.14. The van der Waals surface area contributed by atoms with Crippen molar-refractivity contribution in [3.8, 4) is 5.75 Å². The van der Waals surface area contributed by atoms with Crippen LogP contribution in [0.2, 0.25) is 0 Å². The lowest BCUT2D eigenvalue weighted by Crippen LogP contribution is -2.15. The number of hydrogen-bond donors (Lipinski definition) is 3. The van der Waals surface area contributed by atoms with Crippen molar-refractivity contribution in [1.29, 1.82) is 0 Å². The van der Waals surface area contributed by atoms with Crippen LogP contribution in [0.4, 0.5) is 11.5 Å². The summed E-state index contributed by atoms with van der Waals surface area (Å²) in [4.78, 5) is 16.3. The molecule has 0 saturated carbocycles. The van der Waals surface area contributed by atoms with Crippen molar-refractivity contribution < 1.29 is 14.3 Å². The second-order valence-electron chi connectivity index (χ2n) is 7.76. The molecule has 7 heteroatoms. The van der Waals surface area contributed by atoms with Gasteiger partial charge in [-0.05, 0) is 67.3 Å². The summed E-state index contributed by atoms with van der Waals surface area (Å²) in [6, 6.07) is 18.9. The zero-order chi connectivity index (χ0) is 23.3. The quantitative estimate of drug-likeness (QED) is 0.335. The van der Waals surface area contributed by atoms with E-state index in [0.29, 0.717) is 23.7 Å². The van der Waals surface area contributed by atoms with Gasteiger partial charge in [0.15, 0.2) is 0 Å². The van der Waals surface area contributed by atoms with Crippen LogP contribution in [-0.2, 0) is 17.9 Å². The number of rotatable bonds is 13. The Morgan fingerprint density at radius 2 is 1.85 bits per heavy atom. The summed E-state index contributed by atoms with van der Waals surface area (Å²) in [6.45, 7) is 3.09. The molecule has 33 heavy (non-hydrogen) atoms. The van der Waals surface area contributed by atoms with E-state index in [4.69, 9.17) is 15.2 Å². The van der Waals surface area contributed by atoms with Crippen LogP contribution in [0, 0.1) is 0 Å². The number of methoxy groups -OCH3 is 1. The van der Waals surface area contributed by atoms with Crippen LogP contribution in [-0.4, -0.2) is 31.2 Å². The van der Waals surface area contributed by atoms with Crippen molar-refractivity contribution >= 4 is 17.4 Å². The van der Waals surface area contributed by atoms with Crippen molar-refractivity contribution in [2.45, 2.75) is 32.4 Å². The van der Waals surface area contributed by atoms with Gasteiger partial charge >= 0.3 is 0 Å². The maximum absolute atomic E-state index is 12.3. The van der Waals surface area contributed by atoms with E-state index in [1.54, 1.807) is 25.4 Å². The van der Waals surface area contributed by atoms with Crippen LogP contribution >= 0.6 is 0 Å². The van der Waals surface area contributed by atoms with Crippen LogP contribution in [0.15, 0.2) is 66.9 Å². The Kier molecular flexibility index (Phi) is 9.69. The molecule has 4 N–H and O–H groups in total. The number of amides is 1. The Labute approximate surface area is 195 Å². The fourth-order valence-corrected chi connectivity index (χ4v) is 3.32.